The Labute approximate surface area is 131 Å². The number of hydrogen-bond acceptors (Lipinski definition) is 5. The van der Waals surface area contributed by atoms with Crippen molar-refractivity contribution in [2.45, 2.75) is 31.9 Å². The fourth-order valence-electron chi connectivity index (χ4n) is 1.27. The second-order valence-electron chi connectivity index (χ2n) is 4.11. The zero-order valence-corrected chi connectivity index (χ0v) is 13.7. The van der Waals surface area contributed by atoms with E-state index in [4.69, 9.17) is 4.18 Å². The molecule has 0 heterocycles. The van der Waals surface area contributed by atoms with Crippen LogP contribution in [0.4, 0.5) is 5.69 Å². The van der Waals surface area contributed by atoms with Gasteiger partial charge >= 0.3 is 0 Å². The van der Waals surface area contributed by atoms with Crippen LogP contribution in [0.15, 0.2) is 24.3 Å². The summed E-state index contributed by atoms with van der Waals surface area (Å²) in [5, 5.41) is -0.613. The molecule has 1 aromatic carbocycles. The van der Waals surface area contributed by atoms with E-state index in [0.717, 1.165) is 0 Å². The first-order chi connectivity index (χ1) is 9.51. The molecule has 0 saturated carbocycles. The van der Waals surface area contributed by atoms with Crippen LogP contribution in [0, 0.1) is 0 Å². The van der Waals surface area contributed by atoms with Gasteiger partial charge in [0.15, 0.2) is 0 Å². The third-order valence-corrected chi connectivity index (χ3v) is 2.91. The highest BCUT2D eigenvalue weighted by Gasteiger charge is 2.18. The molecule has 1 amide bonds. The Bertz CT molecular complexity index is 409. The summed E-state index contributed by atoms with van der Waals surface area (Å²) < 4.78 is 4.73. The zero-order valence-electron chi connectivity index (χ0n) is 11.9. The van der Waals surface area contributed by atoms with Crippen molar-refractivity contribution in [1.29, 1.82) is 0 Å². The molecule has 0 saturated heterocycles. The summed E-state index contributed by atoms with van der Waals surface area (Å²) in [5.41, 5.74) is 0.703. The van der Waals surface area contributed by atoms with Crippen LogP contribution in [0.5, 0.6) is 5.75 Å². The van der Waals surface area contributed by atoms with Crippen molar-refractivity contribution in [3.63, 3.8) is 0 Å². The average molecular weight is 315 g/mol. The number of anilines is 1. The minimum Gasteiger partial charge on any atom is -0.429 e. The number of nitrogens with zero attached hydrogens (tertiary/aromatic N) is 1. The van der Waals surface area contributed by atoms with Crippen molar-refractivity contribution >= 4 is 43.4 Å². The Morgan fingerprint density at radius 1 is 1.35 bits per heavy atom. The molecule has 20 heavy (non-hydrogen) atoms. The molecular weight excluding hydrogens is 294 g/mol. The molecule has 1 unspecified atom stereocenters. The Morgan fingerprint density at radius 2 is 1.85 bits per heavy atom. The summed E-state index contributed by atoms with van der Waals surface area (Å²) in [4.78, 5) is 23.6. The van der Waals surface area contributed by atoms with Gasteiger partial charge in [-0.3, -0.25) is 4.79 Å². The maximum atomic E-state index is 11.8. The van der Waals surface area contributed by atoms with Crippen LogP contribution in [0.2, 0.25) is 0 Å². The van der Waals surface area contributed by atoms with Crippen molar-refractivity contribution in [1.82, 2.24) is 0 Å². The van der Waals surface area contributed by atoms with Gasteiger partial charge in [0.25, 0.3) is 0 Å². The van der Waals surface area contributed by atoms with Crippen molar-refractivity contribution in [3.8, 4) is 5.75 Å². The summed E-state index contributed by atoms with van der Waals surface area (Å²) >= 11 is 7.74. The molecule has 4 nitrogen and oxygen atoms in total. The lowest BCUT2D eigenvalue weighted by molar-refractivity contribution is -0.119. The summed E-state index contributed by atoms with van der Waals surface area (Å²) in [6, 6.07) is 6.84. The lowest BCUT2D eigenvalue weighted by Gasteiger charge is -2.20. The minimum atomic E-state index is -0.613. The van der Waals surface area contributed by atoms with Crippen LogP contribution in [-0.2, 0) is 9.59 Å². The third-order valence-electron chi connectivity index (χ3n) is 2.26. The number of hydrogen-bond donors (Lipinski definition) is 2. The van der Waals surface area contributed by atoms with Crippen LogP contribution < -0.4 is 9.08 Å². The van der Waals surface area contributed by atoms with E-state index in [2.05, 4.69) is 39.4 Å². The second kappa shape index (κ2) is 10.6. The summed E-state index contributed by atoms with van der Waals surface area (Å²) in [6.45, 7) is 4.25. The third kappa shape index (κ3) is 6.34. The van der Waals surface area contributed by atoms with Gasteiger partial charge in [-0.05, 0) is 24.3 Å². The molecule has 0 N–H and O–H groups in total. The van der Waals surface area contributed by atoms with Gasteiger partial charge in [-0.1, -0.05) is 20.3 Å². The lowest BCUT2D eigenvalue weighted by Crippen LogP contribution is -2.33. The maximum Gasteiger partial charge on any atom is 0.240 e. The molecule has 0 aliphatic rings. The average Bonchev–Trinajstić information content (AvgIpc) is 2.47. The van der Waals surface area contributed by atoms with Crippen LogP contribution >= 0.6 is 25.5 Å². The molecule has 1 aromatic rings. The summed E-state index contributed by atoms with van der Waals surface area (Å²) in [7, 11) is 1.63. The molecule has 0 spiro atoms. The molecule has 0 aliphatic heterocycles. The van der Waals surface area contributed by atoms with Crippen LogP contribution in [-0.4, -0.2) is 24.5 Å². The van der Waals surface area contributed by atoms with E-state index >= 15 is 0 Å². The van der Waals surface area contributed by atoms with E-state index in [0.29, 0.717) is 17.7 Å². The topological polar surface area (TPSA) is 46.6 Å². The molecule has 112 valence electrons. The van der Waals surface area contributed by atoms with Gasteiger partial charge in [-0.25, -0.2) is 0 Å². The minimum absolute atomic E-state index is 0.101. The van der Waals surface area contributed by atoms with Gasteiger partial charge < -0.3 is 13.9 Å². The molecule has 0 bridgehead atoms. The quantitative estimate of drug-likeness (QED) is 0.498. The van der Waals surface area contributed by atoms with Gasteiger partial charge in [0, 0.05) is 32.1 Å². The fourth-order valence-corrected chi connectivity index (χ4v) is 1.65. The standard InChI is InChI=1S/C11H13NO3S2.C3H8/c1-12(11(14)10(16)6-7-13)8-2-4-9(15-17)5-3-8;1-3-2/h2-5,7,10,16-17H,6H2,1H3;3H2,1-2H3. The Balaban J connectivity index is 0.00000110. The maximum absolute atomic E-state index is 11.8. The number of amides is 1. The predicted molar refractivity (Wildman–Crippen MR) is 88.9 cm³/mol. The van der Waals surface area contributed by atoms with E-state index in [1.165, 1.54) is 11.3 Å². The number of thiol groups is 2. The molecule has 0 aromatic heterocycles. The van der Waals surface area contributed by atoms with Gasteiger partial charge in [-0.15, -0.1) is 0 Å². The van der Waals surface area contributed by atoms with Gasteiger partial charge in [-0.2, -0.15) is 12.6 Å². The Kier molecular flexibility index (Phi) is 10.0. The predicted octanol–water partition coefficient (Wildman–Crippen LogP) is 3.18. The van der Waals surface area contributed by atoms with Crippen molar-refractivity contribution in [3.05, 3.63) is 24.3 Å². The van der Waals surface area contributed by atoms with Gasteiger partial charge in [0.05, 0.1) is 5.25 Å². The molecule has 1 rings (SSSR count). The van der Waals surface area contributed by atoms with E-state index < -0.39 is 5.25 Å². The highest BCUT2D eigenvalue weighted by atomic mass is 32.1. The smallest absolute Gasteiger partial charge is 0.240 e. The molecular formula is C14H21NO3S2. The van der Waals surface area contributed by atoms with Crippen molar-refractivity contribution in [2.24, 2.45) is 0 Å². The number of rotatable bonds is 5. The first-order valence-electron chi connectivity index (χ1n) is 6.32. The normalized spacial score (nSPS) is 10.8. The second-order valence-corrected chi connectivity index (χ2v) is 4.91. The Morgan fingerprint density at radius 3 is 2.25 bits per heavy atom. The summed E-state index contributed by atoms with van der Waals surface area (Å²) in [6.07, 6.45) is 2.03. The van der Waals surface area contributed by atoms with Crippen LogP contribution in [0.1, 0.15) is 26.7 Å². The highest BCUT2D eigenvalue weighted by Crippen LogP contribution is 2.20. The lowest BCUT2D eigenvalue weighted by atomic mass is 10.2. The molecule has 0 fully saturated rings. The number of benzene rings is 1. The van der Waals surface area contributed by atoms with E-state index in [-0.39, 0.29) is 12.3 Å². The summed E-state index contributed by atoms with van der Waals surface area (Å²) in [5.74, 6) is 0.369. The highest BCUT2D eigenvalue weighted by molar-refractivity contribution is 7.81. The molecule has 0 radical (unpaired) electrons. The SMILES string of the molecule is CCC.CN(C(=O)C(S)CC=O)c1ccc(OS)cc1. The first-order valence-corrected chi connectivity index (χ1v) is 7.20. The first kappa shape index (κ1) is 18.9. The van der Waals surface area contributed by atoms with Gasteiger partial charge in [0.2, 0.25) is 5.91 Å². The fraction of sp³-hybridized carbons (Fsp3) is 0.429. The van der Waals surface area contributed by atoms with Crippen molar-refractivity contribution in [2.75, 3.05) is 11.9 Å². The van der Waals surface area contributed by atoms with Crippen LogP contribution in [0.25, 0.3) is 0 Å². The molecule has 0 aliphatic carbocycles. The number of aldehydes is 1. The van der Waals surface area contributed by atoms with E-state index in [1.807, 2.05) is 0 Å². The largest absolute Gasteiger partial charge is 0.429 e. The monoisotopic (exact) mass is 315 g/mol. The number of carbonyl (C=O) groups is 2. The zero-order chi connectivity index (χ0) is 15.5. The van der Waals surface area contributed by atoms with Crippen LogP contribution in [0.3, 0.4) is 0 Å². The molecule has 6 heteroatoms. The number of carbonyl (C=O) groups excluding carboxylic acids is 2. The van der Waals surface area contributed by atoms with Crippen molar-refractivity contribution < 1.29 is 13.8 Å². The molecule has 1 atom stereocenters. The Hall–Kier alpha value is -1.14. The van der Waals surface area contributed by atoms with Gasteiger partial charge in [0.1, 0.15) is 12.0 Å². The van der Waals surface area contributed by atoms with E-state index in [1.54, 1.807) is 31.3 Å². The van der Waals surface area contributed by atoms with E-state index in [9.17, 15) is 9.59 Å².